The number of methoxy groups -OCH3 is 1. The third kappa shape index (κ3) is 6.15. The van der Waals surface area contributed by atoms with Gasteiger partial charge < -0.3 is 14.8 Å². The first-order valence-electron chi connectivity index (χ1n) is 10.1. The van der Waals surface area contributed by atoms with Gasteiger partial charge in [0.05, 0.1) is 25.5 Å². The van der Waals surface area contributed by atoms with Crippen LogP contribution in [0.1, 0.15) is 21.5 Å². The number of benzene rings is 3. The maximum atomic E-state index is 12.8. The van der Waals surface area contributed by atoms with Gasteiger partial charge in [0.1, 0.15) is 18.1 Å². The molecule has 1 heterocycles. The third-order valence-electron chi connectivity index (χ3n) is 4.90. The molecule has 0 saturated carbocycles. The number of nitrogens with zero attached hydrogens (tertiary/aromatic N) is 2. The van der Waals surface area contributed by atoms with Gasteiger partial charge in [0, 0.05) is 26.8 Å². The van der Waals surface area contributed by atoms with Crippen LogP contribution in [0.15, 0.2) is 83.6 Å². The molecule has 0 aliphatic rings. The van der Waals surface area contributed by atoms with E-state index in [1.54, 1.807) is 66.6 Å². The first-order chi connectivity index (χ1) is 16.0. The second-order valence-corrected chi connectivity index (χ2v) is 8.63. The molecule has 3 aromatic carbocycles. The normalized spacial score (nSPS) is 10.6. The van der Waals surface area contributed by atoms with E-state index in [-0.39, 0.29) is 12.5 Å². The zero-order chi connectivity index (χ0) is 23.2. The van der Waals surface area contributed by atoms with E-state index < -0.39 is 0 Å². The number of rotatable bonds is 8. The molecule has 1 amide bonds. The lowest BCUT2D eigenvalue weighted by Crippen LogP contribution is -2.12. The van der Waals surface area contributed by atoms with E-state index in [4.69, 9.17) is 21.1 Å². The number of carbonyl (C=O) groups excluding carboxylic acids is 1. The Bertz CT molecular complexity index is 1240. The SMILES string of the molecule is COc1ccc(C(=O)Nc2cnn(Cc3ccc(Br)cc3)c2)cc1COc1ccc(Cl)cc1. The fraction of sp³-hybridized carbons (Fsp3) is 0.120. The summed E-state index contributed by atoms with van der Waals surface area (Å²) in [6.45, 7) is 0.856. The van der Waals surface area contributed by atoms with Crippen LogP contribution in [0.3, 0.4) is 0 Å². The van der Waals surface area contributed by atoms with Gasteiger partial charge >= 0.3 is 0 Å². The monoisotopic (exact) mass is 525 g/mol. The predicted molar refractivity (Wildman–Crippen MR) is 132 cm³/mol. The zero-order valence-electron chi connectivity index (χ0n) is 17.8. The van der Waals surface area contributed by atoms with Gasteiger partial charge in [-0.05, 0) is 60.2 Å². The van der Waals surface area contributed by atoms with E-state index in [1.807, 2.05) is 24.3 Å². The molecule has 4 rings (SSSR count). The Balaban J connectivity index is 1.42. The van der Waals surface area contributed by atoms with Crippen LogP contribution in [0, 0.1) is 0 Å². The molecule has 4 aromatic rings. The number of anilines is 1. The Hall–Kier alpha value is -3.29. The average Bonchev–Trinajstić information content (AvgIpc) is 3.26. The predicted octanol–water partition coefficient (Wildman–Crippen LogP) is 6.19. The Labute approximate surface area is 205 Å². The summed E-state index contributed by atoms with van der Waals surface area (Å²) in [4.78, 5) is 12.8. The fourth-order valence-electron chi connectivity index (χ4n) is 3.22. The molecule has 0 aliphatic heterocycles. The van der Waals surface area contributed by atoms with Gasteiger partial charge in [-0.3, -0.25) is 9.48 Å². The minimum atomic E-state index is -0.242. The molecule has 0 radical (unpaired) electrons. The van der Waals surface area contributed by atoms with E-state index in [9.17, 15) is 4.79 Å². The number of halogens is 2. The maximum absolute atomic E-state index is 12.8. The molecule has 1 N–H and O–H groups in total. The molecular formula is C25H21BrClN3O3. The van der Waals surface area contributed by atoms with Crippen molar-refractivity contribution in [2.75, 3.05) is 12.4 Å². The highest BCUT2D eigenvalue weighted by Crippen LogP contribution is 2.24. The molecule has 0 fully saturated rings. The summed E-state index contributed by atoms with van der Waals surface area (Å²) in [6.07, 6.45) is 3.43. The second kappa shape index (κ2) is 10.6. The van der Waals surface area contributed by atoms with E-state index in [1.165, 1.54) is 0 Å². The van der Waals surface area contributed by atoms with Crippen LogP contribution in [0.5, 0.6) is 11.5 Å². The van der Waals surface area contributed by atoms with Crippen LogP contribution in [0.25, 0.3) is 0 Å². The van der Waals surface area contributed by atoms with Crippen molar-refractivity contribution in [1.29, 1.82) is 0 Å². The van der Waals surface area contributed by atoms with Crippen LogP contribution in [0.4, 0.5) is 5.69 Å². The molecule has 0 unspecified atom stereocenters. The van der Waals surface area contributed by atoms with Crippen molar-refractivity contribution in [3.8, 4) is 11.5 Å². The highest BCUT2D eigenvalue weighted by atomic mass is 79.9. The van der Waals surface area contributed by atoms with Gasteiger partial charge in [0.2, 0.25) is 0 Å². The molecule has 0 spiro atoms. The minimum absolute atomic E-state index is 0.242. The van der Waals surface area contributed by atoms with Gasteiger partial charge in [-0.25, -0.2) is 0 Å². The van der Waals surface area contributed by atoms with E-state index in [0.717, 1.165) is 15.6 Å². The first kappa shape index (κ1) is 22.9. The zero-order valence-corrected chi connectivity index (χ0v) is 20.1. The Kier molecular flexibility index (Phi) is 7.32. The number of nitrogens with one attached hydrogen (secondary N) is 1. The van der Waals surface area contributed by atoms with E-state index in [2.05, 4.69) is 26.3 Å². The van der Waals surface area contributed by atoms with E-state index in [0.29, 0.717) is 34.3 Å². The van der Waals surface area contributed by atoms with Crippen molar-refractivity contribution >= 4 is 39.1 Å². The second-order valence-electron chi connectivity index (χ2n) is 7.28. The summed E-state index contributed by atoms with van der Waals surface area (Å²) in [5.74, 6) is 1.07. The highest BCUT2D eigenvalue weighted by molar-refractivity contribution is 9.10. The van der Waals surface area contributed by atoms with Crippen LogP contribution in [-0.4, -0.2) is 22.8 Å². The highest BCUT2D eigenvalue weighted by Gasteiger charge is 2.12. The summed E-state index contributed by atoms with van der Waals surface area (Å²) < 4.78 is 14.0. The smallest absolute Gasteiger partial charge is 0.255 e. The van der Waals surface area contributed by atoms with Crippen molar-refractivity contribution in [2.24, 2.45) is 0 Å². The summed E-state index contributed by atoms with van der Waals surface area (Å²) in [7, 11) is 1.58. The molecule has 1 aromatic heterocycles. The van der Waals surface area contributed by atoms with Crippen molar-refractivity contribution in [1.82, 2.24) is 9.78 Å². The summed E-state index contributed by atoms with van der Waals surface area (Å²) in [6, 6.07) is 20.3. The van der Waals surface area contributed by atoms with Crippen molar-refractivity contribution < 1.29 is 14.3 Å². The number of aromatic nitrogens is 2. The number of hydrogen-bond donors (Lipinski definition) is 1. The summed E-state index contributed by atoms with van der Waals surface area (Å²) in [5.41, 5.74) is 2.98. The Morgan fingerprint density at radius 3 is 2.58 bits per heavy atom. The molecular weight excluding hydrogens is 506 g/mol. The molecule has 6 nitrogen and oxygen atoms in total. The van der Waals surface area contributed by atoms with Crippen LogP contribution >= 0.6 is 27.5 Å². The largest absolute Gasteiger partial charge is 0.496 e. The standard InChI is InChI=1S/C25H21BrClN3O3/c1-32-24-11-4-18(12-19(24)16-33-23-9-7-21(27)8-10-23)25(31)29-22-13-28-30(15-22)14-17-2-5-20(26)6-3-17/h2-13,15H,14,16H2,1H3,(H,29,31). The fourth-order valence-corrected chi connectivity index (χ4v) is 3.61. The van der Waals surface area contributed by atoms with Crippen molar-refractivity contribution in [3.63, 3.8) is 0 Å². The maximum Gasteiger partial charge on any atom is 0.255 e. The Morgan fingerprint density at radius 1 is 1.09 bits per heavy atom. The molecule has 0 bridgehead atoms. The van der Waals surface area contributed by atoms with Gasteiger partial charge in [0.15, 0.2) is 0 Å². The van der Waals surface area contributed by atoms with Crippen LogP contribution < -0.4 is 14.8 Å². The van der Waals surface area contributed by atoms with Gasteiger partial charge in [-0.1, -0.05) is 39.7 Å². The lowest BCUT2D eigenvalue weighted by atomic mass is 10.1. The number of carbonyl (C=O) groups is 1. The number of hydrogen-bond acceptors (Lipinski definition) is 4. The quantitative estimate of drug-likeness (QED) is 0.297. The topological polar surface area (TPSA) is 65.4 Å². The summed E-state index contributed by atoms with van der Waals surface area (Å²) >= 11 is 9.35. The van der Waals surface area contributed by atoms with Crippen LogP contribution in [-0.2, 0) is 13.2 Å². The lowest BCUT2D eigenvalue weighted by Gasteiger charge is -2.12. The van der Waals surface area contributed by atoms with E-state index >= 15 is 0 Å². The van der Waals surface area contributed by atoms with Gasteiger partial charge in [-0.15, -0.1) is 0 Å². The molecule has 0 aliphatic carbocycles. The minimum Gasteiger partial charge on any atom is -0.496 e. The van der Waals surface area contributed by atoms with Gasteiger partial charge in [0.25, 0.3) is 5.91 Å². The third-order valence-corrected chi connectivity index (χ3v) is 5.68. The molecule has 0 atom stereocenters. The molecule has 33 heavy (non-hydrogen) atoms. The molecule has 0 saturated heterocycles. The molecule has 168 valence electrons. The van der Waals surface area contributed by atoms with Crippen LogP contribution in [0.2, 0.25) is 5.02 Å². The van der Waals surface area contributed by atoms with Crippen molar-refractivity contribution in [2.45, 2.75) is 13.2 Å². The summed E-state index contributed by atoms with van der Waals surface area (Å²) in [5, 5.41) is 7.87. The number of amides is 1. The molecule has 8 heteroatoms. The lowest BCUT2D eigenvalue weighted by molar-refractivity contribution is 0.102. The first-order valence-corrected chi connectivity index (χ1v) is 11.3. The van der Waals surface area contributed by atoms with Crippen molar-refractivity contribution in [3.05, 3.63) is 105 Å². The Morgan fingerprint density at radius 2 is 1.85 bits per heavy atom. The number of ether oxygens (including phenoxy) is 2. The van der Waals surface area contributed by atoms with Gasteiger partial charge in [-0.2, -0.15) is 5.10 Å². The average molecular weight is 527 g/mol.